The molecule has 3 unspecified atom stereocenters. The third-order valence-corrected chi connectivity index (χ3v) is 4.27. The molecular weight excluding hydrogens is 248 g/mol. The van der Waals surface area contributed by atoms with Crippen LogP contribution in [-0.4, -0.2) is 18.8 Å². The van der Waals surface area contributed by atoms with Crippen LogP contribution in [0.5, 0.6) is 5.75 Å². The highest BCUT2D eigenvalue weighted by molar-refractivity contribution is 5.40. The molecule has 2 heteroatoms. The second-order valence-electron chi connectivity index (χ2n) is 6.11. The smallest absolute Gasteiger partial charge is 0.122 e. The minimum atomic E-state index is 0.455. The zero-order valence-corrected chi connectivity index (χ0v) is 13.5. The van der Waals surface area contributed by atoms with Gasteiger partial charge in [-0.3, -0.25) is 0 Å². The summed E-state index contributed by atoms with van der Waals surface area (Å²) >= 11 is 0. The third-order valence-electron chi connectivity index (χ3n) is 4.27. The highest BCUT2D eigenvalue weighted by Gasteiger charge is 2.36. The van der Waals surface area contributed by atoms with Crippen LogP contribution in [0.15, 0.2) is 18.2 Å². The summed E-state index contributed by atoms with van der Waals surface area (Å²) in [6, 6.07) is 6.73. The first-order valence-corrected chi connectivity index (χ1v) is 7.98. The Labute approximate surface area is 123 Å². The van der Waals surface area contributed by atoms with E-state index in [0.29, 0.717) is 24.0 Å². The molecular formula is C18H28O2. The molecule has 112 valence electrons. The molecule has 0 spiro atoms. The molecule has 2 rings (SSSR count). The molecule has 3 atom stereocenters. The fourth-order valence-electron chi connectivity index (χ4n) is 2.86. The minimum absolute atomic E-state index is 0.455. The Morgan fingerprint density at radius 3 is 2.45 bits per heavy atom. The normalized spacial score (nSPS) is 22.9. The molecule has 0 bridgehead atoms. The Bertz CT molecular complexity index is 439. The van der Waals surface area contributed by atoms with Crippen molar-refractivity contribution in [3.05, 3.63) is 29.3 Å². The van der Waals surface area contributed by atoms with Gasteiger partial charge in [0.25, 0.3) is 0 Å². The van der Waals surface area contributed by atoms with E-state index in [0.717, 1.165) is 25.2 Å². The summed E-state index contributed by atoms with van der Waals surface area (Å²) in [5, 5.41) is 0. The van der Waals surface area contributed by atoms with Crippen molar-refractivity contribution in [3.8, 4) is 5.75 Å². The summed E-state index contributed by atoms with van der Waals surface area (Å²) < 4.78 is 11.3. The van der Waals surface area contributed by atoms with Crippen LogP contribution in [0, 0.1) is 0 Å². The van der Waals surface area contributed by atoms with E-state index in [4.69, 9.17) is 9.47 Å². The van der Waals surface area contributed by atoms with Gasteiger partial charge in [-0.25, -0.2) is 0 Å². The Kier molecular flexibility index (Phi) is 5.09. The van der Waals surface area contributed by atoms with Crippen LogP contribution in [-0.2, 0) is 4.74 Å². The first kappa shape index (κ1) is 15.4. The van der Waals surface area contributed by atoms with Gasteiger partial charge in [-0.1, -0.05) is 32.9 Å². The topological polar surface area (TPSA) is 21.8 Å². The van der Waals surface area contributed by atoms with E-state index in [-0.39, 0.29) is 0 Å². The number of rotatable bonds is 7. The molecule has 1 aromatic rings. The van der Waals surface area contributed by atoms with Gasteiger partial charge >= 0.3 is 0 Å². The van der Waals surface area contributed by atoms with E-state index >= 15 is 0 Å². The molecule has 1 aromatic carbocycles. The summed E-state index contributed by atoms with van der Waals surface area (Å²) in [6.45, 7) is 11.7. The van der Waals surface area contributed by atoms with Gasteiger partial charge in [0.05, 0.1) is 18.8 Å². The van der Waals surface area contributed by atoms with Crippen molar-refractivity contribution in [1.82, 2.24) is 0 Å². The van der Waals surface area contributed by atoms with Crippen LogP contribution in [0.25, 0.3) is 0 Å². The van der Waals surface area contributed by atoms with Crippen LogP contribution in [0.4, 0.5) is 0 Å². The lowest BCUT2D eigenvalue weighted by Crippen LogP contribution is -2.05. The Morgan fingerprint density at radius 1 is 1.25 bits per heavy atom. The lowest BCUT2D eigenvalue weighted by molar-refractivity contribution is 0.334. The maximum atomic E-state index is 5.75. The third kappa shape index (κ3) is 3.54. The fraction of sp³-hybridized carbons (Fsp3) is 0.667. The monoisotopic (exact) mass is 276 g/mol. The molecule has 20 heavy (non-hydrogen) atoms. The van der Waals surface area contributed by atoms with Gasteiger partial charge in [-0.2, -0.15) is 0 Å². The summed E-state index contributed by atoms with van der Waals surface area (Å²) in [6.07, 6.45) is 3.23. The summed E-state index contributed by atoms with van der Waals surface area (Å²) in [5.74, 6) is 2.13. The van der Waals surface area contributed by atoms with Crippen LogP contribution >= 0.6 is 0 Å². The van der Waals surface area contributed by atoms with Gasteiger partial charge in [0.1, 0.15) is 5.75 Å². The van der Waals surface area contributed by atoms with E-state index in [1.54, 1.807) is 0 Å². The van der Waals surface area contributed by atoms with Gasteiger partial charge < -0.3 is 9.47 Å². The van der Waals surface area contributed by atoms with Crippen LogP contribution in [0.1, 0.15) is 70.4 Å². The van der Waals surface area contributed by atoms with E-state index in [1.165, 1.54) is 11.1 Å². The van der Waals surface area contributed by atoms with E-state index < -0.39 is 0 Å². The Balaban J connectivity index is 2.19. The molecule has 1 aliphatic heterocycles. The fourth-order valence-corrected chi connectivity index (χ4v) is 2.86. The summed E-state index contributed by atoms with van der Waals surface area (Å²) in [4.78, 5) is 0. The predicted octanol–water partition coefficient (Wildman–Crippen LogP) is 4.88. The number of epoxide rings is 1. The molecule has 2 nitrogen and oxygen atoms in total. The average Bonchev–Trinajstić information content (AvgIpc) is 3.12. The average molecular weight is 276 g/mol. The van der Waals surface area contributed by atoms with Crippen LogP contribution < -0.4 is 4.74 Å². The lowest BCUT2D eigenvalue weighted by atomic mass is 9.88. The maximum absolute atomic E-state index is 5.75. The van der Waals surface area contributed by atoms with E-state index in [1.807, 2.05) is 6.92 Å². The number of hydrogen-bond donors (Lipinski definition) is 0. The van der Waals surface area contributed by atoms with Crippen molar-refractivity contribution in [3.63, 3.8) is 0 Å². The van der Waals surface area contributed by atoms with Gasteiger partial charge in [0.2, 0.25) is 0 Å². The van der Waals surface area contributed by atoms with E-state index in [9.17, 15) is 0 Å². The maximum Gasteiger partial charge on any atom is 0.122 e. The Morgan fingerprint density at radius 2 is 1.95 bits per heavy atom. The highest BCUT2D eigenvalue weighted by Crippen LogP contribution is 2.37. The van der Waals surface area contributed by atoms with Gasteiger partial charge in [0, 0.05) is 0 Å². The number of hydrogen-bond acceptors (Lipinski definition) is 2. The molecule has 0 amide bonds. The van der Waals surface area contributed by atoms with Crippen molar-refractivity contribution in [2.75, 3.05) is 6.61 Å². The minimum Gasteiger partial charge on any atom is -0.494 e. The summed E-state index contributed by atoms with van der Waals surface area (Å²) in [5.41, 5.74) is 2.76. The predicted molar refractivity (Wildman–Crippen MR) is 83.7 cm³/mol. The quantitative estimate of drug-likeness (QED) is 0.662. The van der Waals surface area contributed by atoms with Crippen molar-refractivity contribution in [2.24, 2.45) is 0 Å². The van der Waals surface area contributed by atoms with Crippen molar-refractivity contribution >= 4 is 0 Å². The first-order valence-electron chi connectivity index (χ1n) is 7.98. The van der Waals surface area contributed by atoms with Crippen molar-refractivity contribution in [2.45, 2.75) is 71.5 Å². The highest BCUT2D eigenvalue weighted by atomic mass is 16.6. The first-order chi connectivity index (χ1) is 9.56. The van der Waals surface area contributed by atoms with E-state index in [2.05, 4.69) is 45.9 Å². The molecule has 0 N–H and O–H groups in total. The second kappa shape index (κ2) is 6.62. The zero-order valence-electron chi connectivity index (χ0n) is 13.5. The Hall–Kier alpha value is -1.02. The SMILES string of the molecule is CCOc1ccc(C(CC)CC2OC2C)cc1C(C)C. The van der Waals surface area contributed by atoms with Crippen molar-refractivity contribution < 1.29 is 9.47 Å². The molecule has 1 aliphatic rings. The molecule has 0 aromatic heterocycles. The largest absolute Gasteiger partial charge is 0.494 e. The number of benzene rings is 1. The van der Waals surface area contributed by atoms with Gasteiger partial charge in [-0.15, -0.1) is 0 Å². The van der Waals surface area contributed by atoms with Gasteiger partial charge in [-0.05, 0) is 55.7 Å². The summed E-state index contributed by atoms with van der Waals surface area (Å²) in [7, 11) is 0. The molecule has 0 radical (unpaired) electrons. The van der Waals surface area contributed by atoms with Crippen LogP contribution in [0.3, 0.4) is 0 Å². The molecule has 1 heterocycles. The zero-order chi connectivity index (χ0) is 14.7. The number of ether oxygens (including phenoxy) is 2. The molecule has 0 saturated carbocycles. The van der Waals surface area contributed by atoms with Crippen LogP contribution in [0.2, 0.25) is 0 Å². The van der Waals surface area contributed by atoms with Crippen molar-refractivity contribution in [1.29, 1.82) is 0 Å². The lowest BCUT2D eigenvalue weighted by Gasteiger charge is -2.19. The molecule has 1 fully saturated rings. The molecule has 0 aliphatic carbocycles. The molecule has 1 saturated heterocycles. The standard InChI is InChI=1S/C18H28O2/c1-6-14(11-18-13(5)20-18)15-8-9-17(19-7-2)16(10-15)12(3)4/h8-10,12-14,18H,6-7,11H2,1-5H3. The van der Waals surface area contributed by atoms with Gasteiger partial charge in [0.15, 0.2) is 0 Å². The second-order valence-corrected chi connectivity index (χ2v) is 6.11.